The molecule has 0 atom stereocenters. The van der Waals surface area contributed by atoms with Gasteiger partial charge in [-0.25, -0.2) is 0 Å². The molecule has 1 N–H and O–H groups in total. The van der Waals surface area contributed by atoms with Gasteiger partial charge in [0.2, 0.25) is 0 Å². The summed E-state index contributed by atoms with van der Waals surface area (Å²) in [5.74, 6) is 0.202. The molecule has 1 aromatic rings. The van der Waals surface area contributed by atoms with Crippen LogP contribution in [-0.2, 0) is 10.1 Å². The number of hydrogen-bond acceptors (Lipinski definition) is 3. The third kappa shape index (κ3) is 6.39. The smallest absolute Gasteiger partial charge is 0.268 e. The summed E-state index contributed by atoms with van der Waals surface area (Å²) in [6, 6.07) is 8.81. The molecule has 0 saturated carbocycles. The molecule has 1 aromatic carbocycles. The Morgan fingerprint density at radius 3 is 2.29 bits per heavy atom. The molecule has 0 aliphatic carbocycles. The van der Waals surface area contributed by atoms with Crippen molar-refractivity contribution < 1.29 is 17.7 Å². The van der Waals surface area contributed by atoms with E-state index in [1.807, 2.05) is 6.07 Å². The largest absolute Gasteiger partial charge is 0.492 e. The Labute approximate surface area is 105 Å². The van der Waals surface area contributed by atoms with Crippen LogP contribution in [0.25, 0.3) is 0 Å². The number of para-hydroxylation sites is 1. The third-order valence-electron chi connectivity index (χ3n) is 1.35. The summed E-state index contributed by atoms with van der Waals surface area (Å²) in [5.41, 5.74) is 0. The van der Waals surface area contributed by atoms with Crippen LogP contribution in [0.2, 0.25) is 0 Å². The van der Waals surface area contributed by atoms with Crippen molar-refractivity contribution in [1.29, 1.82) is 0 Å². The van der Waals surface area contributed by atoms with Crippen LogP contribution >= 0.6 is 0 Å². The topological polar surface area (TPSA) is 63.6 Å². The van der Waals surface area contributed by atoms with Crippen LogP contribution in [0.1, 0.15) is 0 Å². The van der Waals surface area contributed by atoms with Crippen LogP contribution in [0.15, 0.2) is 30.3 Å². The minimum atomic E-state index is -3.92. The number of hydrogen-bond donors (Lipinski definition) is 1. The molecule has 6 heteroatoms. The van der Waals surface area contributed by atoms with Gasteiger partial charge in [-0.05, 0) is 12.1 Å². The Bertz CT molecular complexity index is 349. The maximum atomic E-state index is 10.3. The molecule has 0 bridgehead atoms. The summed E-state index contributed by atoms with van der Waals surface area (Å²) >= 11 is 0. The van der Waals surface area contributed by atoms with E-state index in [2.05, 4.69) is 0 Å². The van der Waals surface area contributed by atoms with Crippen molar-refractivity contribution in [2.24, 2.45) is 0 Å². The number of rotatable bonds is 4. The number of ether oxygens (including phenoxy) is 1. The van der Waals surface area contributed by atoms with E-state index >= 15 is 0 Å². The molecule has 0 aliphatic heterocycles. The maximum absolute atomic E-state index is 10.3. The molecular weight excluding hydrogens is 215 g/mol. The first kappa shape index (κ1) is 13.9. The van der Waals surface area contributed by atoms with Crippen LogP contribution in [0.4, 0.5) is 0 Å². The summed E-state index contributed by atoms with van der Waals surface area (Å²) in [4.78, 5) is 0. The van der Waals surface area contributed by atoms with Gasteiger partial charge in [0.1, 0.15) is 18.1 Å². The quantitative estimate of drug-likeness (QED) is 0.601. The van der Waals surface area contributed by atoms with Crippen molar-refractivity contribution in [1.82, 2.24) is 0 Å². The normalized spacial score (nSPS) is 10.4. The molecule has 1 rings (SSSR count). The molecule has 0 fully saturated rings. The van der Waals surface area contributed by atoms with Gasteiger partial charge in [0, 0.05) is 29.6 Å². The van der Waals surface area contributed by atoms with Crippen LogP contribution < -0.4 is 4.74 Å². The van der Waals surface area contributed by atoms with Crippen LogP contribution in [0.5, 0.6) is 5.75 Å². The van der Waals surface area contributed by atoms with E-state index < -0.39 is 10.1 Å². The van der Waals surface area contributed by atoms with E-state index in [1.54, 1.807) is 24.3 Å². The van der Waals surface area contributed by atoms with Gasteiger partial charge < -0.3 is 4.74 Å². The van der Waals surface area contributed by atoms with Gasteiger partial charge in [-0.3, -0.25) is 4.55 Å². The first-order chi connectivity index (χ1) is 6.08. The van der Waals surface area contributed by atoms with Gasteiger partial charge in [-0.2, -0.15) is 8.42 Å². The second-order valence-corrected chi connectivity index (χ2v) is 4.02. The van der Waals surface area contributed by atoms with E-state index in [1.165, 1.54) is 0 Å². The van der Waals surface area contributed by atoms with Crippen molar-refractivity contribution in [3.63, 3.8) is 0 Å². The van der Waals surface area contributed by atoms with Crippen LogP contribution in [0.3, 0.4) is 0 Å². The molecule has 0 unspecified atom stereocenters. The zero-order valence-electron chi connectivity index (χ0n) is 7.88. The van der Waals surface area contributed by atoms with Crippen molar-refractivity contribution >= 4 is 39.7 Å². The summed E-state index contributed by atoms with van der Waals surface area (Å²) in [5, 5.41) is 0. The van der Waals surface area contributed by atoms with Crippen molar-refractivity contribution in [3.8, 4) is 5.75 Å². The van der Waals surface area contributed by atoms with Gasteiger partial charge in [0.15, 0.2) is 0 Å². The first-order valence-corrected chi connectivity index (χ1v) is 5.32. The minimum absolute atomic E-state index is 0. The average Bonchev–Trinajstić information content (AvgIpc) is 2.04. The zero-order valence-corrected chi connectivity index (χ0v) is 10.7. The molecule has 73 valence electrons. The van der Waals surface area contributed by atoms with Gasteiger partial charge in [0.05, 0.1) is 0 Å². The predicted octanol–water partition coefficient (Wildman–Crippen LogP) is 0.572. The van der Waals surface area contributed by atoms with Crippen LogP contribution in [-0.4, -0.2) is 54.9 Å². The molecule has 4 nitrogen and oxygen atoms in total. The number of benzene rings is 1. The first-order valence-electron chi connectivity index (χ1n) is 3.71. The fourth-order valence-corrected chi connectivity index (χ4v) is 1.08. The van der Waals surface area contributed by atoms with Crippen molar-refractivity contribution in [3.05, 3.63) is 30.3 Å². The molecule has 1 radical (unpaired) electrons. The minimum Gasteiger partial charge on any atom is -0.492 e. The van der Waals surface area contributed by atoms with E-state index in [0.717, 1.165) is 0 Å². The maximum Gasteiger partial charge on any atom is 0.268 e. The molecule has 0 aromatic heterocycles. The second-order valence-electron chi connectivity index (χ2n) is 2.45. The monoisotopic (exact) mass is 225 g/mol. The van der Waals surface area contributed by atoms with Crippen molar-refractivity contribution in [2.75, 3.05) is 12.4 Å². The Hall–Kier alpha value is -0.0700. The fourth-order valence-electron chi connectivity index (χ4n) is 0.782. The standard InChI is InChI=1S/C8H10O4S.Na/c9-13(10,11)7-6-12-8-4-2-1-3-5-8;/h1-5H,6-7H2,(H,9,10,11);. The molecule has 0 spiro atoms. The Morgan fingerprint density at radius 1 is 1.21 bits per heavy atom. The molecule has 14 heavy (non-hydrogen) atoms. The zero-order chi connectivity index (χ0) is 9.73. The Balaban J connectivity index is 0.00000169. The molecule has 0 heterocycles. The Kier molecular flexibility index (Phi) is 6.39. The fraction of sp³-hybridized carbons (Fsp3) is 0.250. The van der Waals surface area contributed by atoms with E-state index in [9.17, 15) is 8.42 Å². The molecular formula is C8H10NaO4S. The van der Waals surface area contributed by atoms with E-state index in [0.29, 0.717) is 5.75 Å². The SMILES string of the molecule is O=S(=O)(O)CCOc1ccccc1.[Na]. The van der Waals surface area contributed by atoms with Crippen LogP contribution in [0, 0.1) is 0 Å². The summed E-state index contributed by atoms with van der Waals surface area (Å²) in [6.45, 7) is -0.0388. The van der Waals surface area contributed by atoms with Gasteiger partial charge in [0.25, 0.3) is 10.1 Å². The van der Waals surface area contributed by atoms with Gasteiger partial charge in [-0.1, -0.05) is 18.2 Å². The van der Waals surface area contributed by atoms with E-state index in [-0.39, 0.29) is 41.9 Å². The third-order valence-corrected chi connectivity index (χ3v) is 2.04. The second kappa shape index (κ2) is 6.42. The average molecular weight is 225 g/mol. The molecule has 0 amide bonds. The van der Waals surface area contributed by atoms with E-state index in [4.69, 9.17) is 9.29 Å². The molecule has 0 aliphatic rings. The van der Waals surface area contributed by atoms with Gasteiger partial charge in [-0.15, -0.1) is 0 Å². The summed E-state index contributed by atoms with van der Waals surface area (Å²) in [7, 11) is -3.92. The summed E-state index contributed by atoms with van der Waals surface area (Å²) in [6.07, 6.45) is 0. The van der Waals surface area contributed by atoms with Crippen molar-refractivity contribution in [2.45, 2.75) is 0 Å². The Morgan fingerprint density at radius 2 is 1.79 bits per heavy atom. The van der Waals surface area contributed by atoms with Gasteiger partial charge >= 0.3 is 0 Å². The summed E-state index contributed by atoms with van der Waals surface area (Å²) < 4.78 is 34.0. The molecule has 0 saturated heterocycles. The predicted molar refractivity (Wildman–Crippen MR) is 54.1 cm³/mol.